The number of aliphatic imine (C=N–C) groups is 1. The average molecular weight is 331 g/mol. The van der Waals surface area contributed by atoms with Gasteiger partial charge >= 0.3 is 0 Å². The molecule has 6 heteroatoms. The van der Waals surface area contributed by atoms with E-state index in [1.54, 1.807) is 36.4 Å². The standard InChI is InChI=1S/C16H11ClN2O2S/c17-13-4-2-1-3-10(13)9-14-15(21)19-16(22-14)18-11-5-7-12(20)8-6-11/h1-9,20H,(H,18,19,21)/b14-9-. The van der Waals surface area contributed by atoms with Gasteiger partial charge in [-0.15, -0.1) is 0 Å². The summed E-state index contributed by atoms with van der Waals surface area (Å²) in [5.41, 5.74) is 1.44. The number of halogens is 1. The van der Waals surface area contributed by atoms with Crippen LogP contribution in [0.25, 0.3) is 6.08 Å². The summed E-state index contributed by atoms with van der Waals surface area (Å²) in [6.45, 7) is 0. The third-order valence-electron chi connectivity index (χ3n) is 2.92. The molecule has 22 heavy (non-hydrogen) atoms. The highest BCUT2D eigenvalue weighted by Gasteiger charge is 2.24. The Labute approximate surface area is 136 Å². The third-order valence-corrected chi connectivity index (χ3v) is 4.18. The Morgan fingerprint density at radius 3 is 2.59 bits per heavy atom. The van der Waals surface area contributed by atoms with E-state index in [1.165, 1.54) is 11.8 Å². The highest BCUT2D eigenvalue weighted by molar-refractivity contribution is 8.18. The molecule has 0 saturated carbocycles. The van der Waals surface area contributed by atoms with Crippen LogP contribution < -0.4 is 5.32 Å². The molecule has 4 nitrogen and oxygen atoms in total. The summed E-state index contributed by atoms with van der Waals surface area (Å²) in [6.07, 6.45) is 1.74. The number of rotatable bonds is 2. The second kappa shape index (κ2) is 6.25. The van der Waals surface area contributed by atoms with Gasteiger partial charge < -0.3 is 10.4 Å². The number of aromatic hydroxyl groups is 1. The van der Waals surface area contributed by atoms with Crippen molar-refractivity contribution in [3.8, 4) is 5.75 Å². The SMILES string of the molecule is O=C1NC(=Nc2ccc(O)cc2)S/C1=C\c1ccccc1Cl. The van der Waals surface area contributed by atoms with Gasteiger partial charge in [-0.1, -0.05) is 29.8 Å². The van der Waals surface area contributed by atoms with Gasteiger partial charge in [0.15, 0.2) is 5.17 Å². The molecule has 0 unspecified atom stereocenters. The predicted octanol–water partition coefficient (Wildman–Crippen LogP) is 3.94. The van der Waals surface area contributed by atoms with Gasteiger partial charge in [-0.25, -0.2) is 4.99 Å². The minimum atomic E-state index is -0.206. The predicted molar refractivity (Wildman–Crippen MR) is 90.4 cm³/mol. The van der Waals surface area contributed by atoms with E-state index in [4.69, 9.17) is 11.6 Å². The largest absolute Gasteiger partial charge is 0.508 e. The molecule has 0 aliphatic carbocycles. The molecular weight excluding hydrogens is 320 g/mol. The number of amidine groups is 1. The lowest BCUT2D eigenvalue weighted by atomic mass is 10.2. The minimum absolute atomic E-state index is 0.173. The molecule has 1 saturated heterocycles. The molecule has 1 heterocycles. The first kappa shape index (κ1) is 14.7. The summed E-state index contributed by atoms with van der Waals surface area (Å²) in [7, 11) is 0. The molecular formula is C16H11ClN2O2S. The molecule has 0 aromatic heterocycles. The number of hydrogen-bond donors (Lipinski definition) is 2. The summed E-state index contributed by atoms with van der Waals surface area (Å²) in [6, 6.07) is 13.7. The van der Waals surface area contributed by atoms with Crippen LogP contribution in [0.2, 0.25) is 5.02 Å². The molecule has 0 bridgehead atoms. The lowest BCUT2D eigenvalue weighted by Gasteiger charge is -1.97. The van der Waals surface area contributed by atoms with Gasteiger partial charge in [0.2, 0.25) is 0 Å². The number of thioether (sulfide) groups is 1. The minimum Gasteiger partial charge on any atom is -0.508 e. The number of phenols is 1. The van der Waals surface area contributed by atoms with Gasteiger partial charge in [-0.05, 0) is 53.7 Å². The zero-order valence-electron chi connectivity index (χ0n) is 11.3. The fourth-order valence-corrected chi connectivity index (χ4v) is 2.88. The first-order chi connectivity index (χ1) is 10.6. The molecule has 1 fully saturated rings. The molecule has 1 aliphatic heterocycles. The Hall–Kier alpha value is -2.24. The first-order valence-corrected chi connectivity index (χ1v) is 7.64. The molecule has 0 spiro atoms. The van der Waals surface area contributed by atoms with Crippen molar-refractivity contribution in [1.82, 2.24) is 5.32 Å². The van der Waals surface area contributed by atoms with Crippen molar-refractivity contribution in [3.05, 3.63) is 64.0 Å². The number of carbonyl (C=O) groups excluding carboxylic acids is 1. The molecule has 1 amide bonds. The van der Waals surface area contributed by atoms with Crippen LogP contribution in [0.4, 0.5) is 5.69 Å². The highest BCUT2D eigenvalue weighted by atomic mass is 35.5. The number of nitrogens with zero attached hydrogens (tertiary/aromatic N) is 1. The molecule has 110 valence electrons. The van der Waals surface area contributed by atoms with Crippen molar-refractivity contribution < 1.29 is 9.90 Å². The molecule has 0 radical (unpaired) electrons. The number of benzene rings is 2. The topological polar surface area (TPSA) is 61.7 Å². The maximum atomic E-state index is 12.0. The molecule has 3 rings (SSSR count). The van der Waals surface area contributed by atoms with Gasteiger partial charge in [0.1, 0.15) is 5.75 Å². The van der Waals surface area contributed by atoms with Gasteiger partial charge in [0.25, 0.3) is 5.91 Å². The third kappa shape index (κ3) is 3.32. The van der Waals surface area contributed by atoms with Crippen molar-refractivity contribution in [2.75, 3.05) is 0 Å². The maximum Gasteiger partial charge on any atom is 0.264 e. The fourth-order valence-electron chi connectivity index (χ4n) is 1.86. The van der Waals surface area contributed by atoms with E-state index in [1.807, 2.05) is 18.2 Å². The maximum absolute atomic E-state index is 12.0. The van der Waals surface area contributed by atoms with Crippen LogP contribution in [0.1, 0.15) is 5.56 Å². The van der Waals surface area contributed by atoms with E-state index in [0.29, 0.717) is 20.8 Å². The van der Waals surface area contributed by atoms with Crippen LogP contribution in [0, 0.1) is 0 Å². The summed E-state index contributed by atoms with van der Waals surface area (Å²) in [5.74, 6) is -0.0335. The van der Waals surface area contributed by atoms with Gasteiger partial charge in [-0.2, -0.15) is 0 Å². The van der Waals surface area contributed by atoms with Crippen molar-refractivity contribution >= 4 is 46.2 Å². The highest BCUT2D eigenvalue weighted by Crippen LogP contribution is 2.30. The average Bonchev–Trinajstić information content (AvgIpc) is 2.84. The number of phenolic OH excluding ortho intramolecular Hbond substituents is 1. The van der Waals surface area contributed by atoms with Crippen LogP contribution in [0.5, 0.6) is 5.75 Å². The van der Waals surface area contributed by atoms with Crippen molar-refractivity contribution in [2.24, 2.45) is 4.99 Å². The summed E-state index contributed by atoms with van der Waals surface area (Å²) in [4.78, 5) is 16.8. The second-order valence-electron chi connectivity index (χ2n) is 4.52. The quantitative estimate of drug-likeness (QED) is 0.820. The van der Waals surface area contributed by atoms with E-state index < -0.39 is 0 Å². The van der Waals surface area contributed by atoms with Gasteiger partial charge in [0.05, 0.1) is 10.6 Å². The van der Waals surface area contributed by atoms with Crippen LogP contribution in [0.15, 0.2) is 58.4 Å². The van der Waals surface area contributed by atoms with E-state index in [-0.39, 0.29) is 11.7 Å². The van der Waals surface area contributed by atoms with E-state index >= 15 is 0 Å². The van der Waals surface area contributed by atoms with Crippen molar-refractivity contribution in [3.63, 3.8) is 0 Å². The van der Waals surface area contributed by atoms with E-state index in [9.17, 15) is 9.90 Å². The summed E-state index contributed by atoms with van der Waals surface area (Å²) < 4.78 is 0. The Balaban J connectivity index is 1.84. The van der Waals surface area contributed by atoms with Gasteiger partial charge in [0, 0.05) is 5.02 Å². The first-order valence-electron chi connectivity index (χ1n) is 6.45. The van der Waals surface area contributed by atoms with E-state index in [0.717, 1.165) is 5.56 Å². The molecule has 0 atom stereocenters. The fraction of sp³-hybridized carbons (Fsp3) is 0. The smallest absolute Gasteiger partial charge is 0.264 e. The number of nitrogens with one attached hydrogen (secondary N) is 1. The normalized spacial score (nSPS) is 18.0. The van der Waals surface area contributed by atoms with Crippen LogP contribution in [-0.2, 0) is 4.79 Å². The lowest BCUT2D eigenvalue weighted by Crippen LogP contribution is -2.19. The van der Waals surface area contributed by atoms with Crippen LogP contribution in [0.3, 0.4) is 0 Å². The van der Waals surface area contributed by atoms with Gasteiger partial charge in [-0.3, -0.25) is 4.79 Å². The zero-order chi connectivity index (χ0) is 15.5. The number of hydrogen-bond acceptors (Lipinski definition) is 4. The lowest BCUT2D eigenvalue weighted by molar-refractivity contribution is -0.115. The Kier molecular flexibility index (Phi) is 4.18. The Bertz CT molecular complexity index is 785. The molecule has 2 N–H and O–H groups in total. The number of carbonyl (C=O) groups is 1. The molecule has 2 aromatic rings. The van der Waals surface area contributed by atoms with Crippen molar-refractivity contribution in [2.45, 2.75) is 0 Å². The Morgan fingerprint density at radius 2 is 1.86 bits per heavy atom. The monoisotopic (exact) mass is 330 g/mol. The van der Waals surface area contributed by atoms with E-state index in [2.05, 4.69) is 10.3 Å². The van der Waals surface area contributed by atoms with Crippen LogP contribution >= 0.6 is 23.4 Å². The molecule has 1 aliphatic rings. The van der Waals surface area contributed by atoms with Crippen LogP contribution in [-0.4, -0.2) is 16.2 Å². The number of amides is 1. The molecule has 2 aromatic carbocycles. The zero-order valence-corrected chi connectivity index (χ0v) is 12.9. The second-order valence-corrected chi connectivity index (χ2v) is 5.96. The summed E-state index contributed by atoms with van der Waals surface area (Å²) >= 11 is 7.34. The van der Waals surface area contributed by atoms with Crippen molar-refractivity contribution in [1.29, 1.82) is 0 Å². The summed E-state index contributed by atoms with van der Waals surface area (Å²) in [5, 5.41) is 13.0. The Morgan fingerprint density at radius 1 is 1.14 bits per heavy atom.